The summed E-state index contributed by atoms with van der Waals surface area (Å²) in [5.74, 6) is -2.53. The van der Waals surface area contributed by atoms with Crippen molar-refractivity contribution in [3.8, 4) is 0 Å². The lowest BCUT2D eigenvalue weighted by Crippen LogP contribution is -2.39. The van der Waals surface area contributed by atoms with Crippen molar-refractivity contribution >= 4 is 46.7 Å². The molecule has 0 aliphatic carbocycles. The molecule has 1 aliphatic rings. The summed E-state index contributed by atoms with van der Waals surface area (Å²) < 4.78 is 0. The van der Waals surface area contributed by atoms with Gasteiger partial charge < -0.3 is 14.9 Å². The zero-order valence-electron chi connectivity index (χ0n) is 12.5. The molecule has 1 aromatic rings. The molecule has 8 heteroatoms. The van der Waals surface area contributed by atoms with Crippen LogP contribution in [0, 0.1) is 5.92 Å². The highest BCUT2D eigenvalue weighted by Crippen LogP contribution is 2.33. The minimum Gasteiger partial charge on any atom is -0.481 e. The van der Waals surface area contributed by atoms with Crippen LogP contribution in [-0.4, -0.2) is 47.9 Å². The number of amides is 2. The maximum absolute atomic E-state index is 12.5. The molecule has 2 amide bonds. The molecule has 0 bridgehead atoms. The smallest absolute Gasteiger partial charge is 0.305 e. The van der Waals surface area contributed by atoms with Crippen LogP contribution in [0.2, 0.25) is 10.0 Å². The van der Waals surface area contributed by atoms with Gasteiger partial charge in [-0.05, 0) is 24.6 Å². The van der Waals surface area contributed by atoms with E-state index in [1.807, 2.05) is 0 Å². The Balaban J connectivity index is 2.10. The van der Waals surface area contributed by atoms with Crippen LogP contribution in [0.25, 0.3) is 0 Å². The number of carbonyl (C=O) groups excluding carboxylic acids is 2. The zero-order valence-corrected chi connectivity index (χ0v) is 14.0. The van der Waals surface area contributed by atoms with E-state index in [-0.39, 0.29) is 24.8 Å². The minimum absolute atomic E-state index is 0.0653. The third-order valence-electron chi connectivity index (χ3n) is 3.74. The number of benzene rings is 1. The number of hydrogen-bond donors (Lipinski definition) is 1. The second-order valence-corrected chi connectivity index (χ2v) is 6.17. The molecular weight excluding hydrogens is 343 g/mol. The first-order valence-corrected chi connectivity index (χ1v) is 7.80. The molecule has 0 unspecified atom stereocenters. The molecule has 124 valence electrons. The molecule has 0 radical (unpaired) electrons. The SMILES string of the molecule is CN(CCC(=O)O)C(=O)[C@@H]1CCN(c2cc(Cl)ccc2Cl)C1=O. The third-order valence-corrected chi connectivity index (χ3v) is 4.29. The minimum atomic E-state index is -0.991. The maximum atomic E-state index is 12.5. The van der Waals surface area contributed by atoms with Gasteiger partial charge in [-0.3, -0.25) is 14.4 Å². The van der Waals surface area contributed by atoms with Gasteiger partial charge in [0, 0.05) is 25.2 Å². The van der Waals surface area contributed by atoms with E-state index in [4.69, 9.17) is 28.3 Å². The van der Waals surface area contributed by atoms with Crippen LogP contribution >= 0.6 is 23.2 Å². The van der Waals surface area contributed by atoms with Crippen molar-refractivity contribution in [2.75, 3.05) is 25.0 Å². The fourth-order valence-electron chi connectivity index (χ4n) is 2.48. The van der Waals surface area contributed by atoms with Gasteiger partial charge in [0.15, 0.2) is 0 Å². The Bertz CT molecular complexity index is 650. The van der Waals surface area contributed by atoms with Crippen LogP contribution in [0.3, 0.4) is 0 Å². The van der Waals surface area contributed by atoms with Crippen LogP contribution < -0.4 is 4.90 Å². The largest absolute Gasteiger partial charge is 0.481 e. The fraction of sp³-hybridized carbons (Fsp3) is 0.400. The highest BCUT2D eigenvalue weighted by molar-refractivity contribution is 6.36. The Kier molecular flexibility index (Phi) is 5.49. The Morgan fingerprint density at radius 2 is 2.09 bits per heavy atom. The highest BCUT2D eigenvalue weighted by Gasteiger charge is 2.39. The van der Waals surface area contributed by atoms with Crippen molar-refractivity contribution in [2.24, 2.45) is 5.92 Å². The summed E-state index contributed by atoms with van der Waals surface area (Å²) in [5.41, 5.74) is 0.479. The van der Waals surface area contributed by atoms with Gasteiger partial charge in [0.05, 0.1) is 17.1 Å². The van der Waals surface area contributed by atoms with Crippen molar-refractivity contribution in [1.82, 2.24) is 4.90 Å². The summed E-state index contributed by atoms with van der Waals surface area (Å²) in [4.78, 5) is 38.1. The topological polar surface area (TPSA) is 77.9 Å². The van der Waals surface area contributed by atoms with Crippen molar-refractivity contribution in [3.05, 3.63) is 28.2 Å². The molecule has 0 saturated carbocycles. The van der Waals surface area contributed by atoms with E-state index in [9.17, 15) is 14.4 Å². The number of halogens is 2. The number of rotatable bonds is 5. The van der Waals surface area contributed by atoms with Crippen LogP contribution in [-0.2, 0) is 14.4 Å². The first-order valence-electron chi connectivity index (χ1n) is 7.04. The van der Waals surface area contributed by atoms with E-state index in [0.29, 0.717) is 28.7 Å². The lowest BCUT2D eigenvalue weighted by Gasteiger charge is -2.21. The van der Waals surface area contributed by atoms with E-state index in [2.05, 4.69) is 0 Å². The van der Waals surface area contributed by atoms with Gasteiger partial charge in [0.1, 0.15) is 5.92 Å². The summed E-state index contributed by atoms with van der Waals surface area (Å²) in [5, 5.41) is 9.50. The molecule has 23 heavy (non-hydrogen) atoms. The Labute approximate surface area is 143 Å². The average molecular weight is 359 g/mol. The predicted molar refractivity (Wildman–Crippen MR) is 86.8 cm³/mol. The lowest BCUT2D eigenvalue weighted by atomic mass is 10.1. The summed E-state index contributed by atoms with van der Waals surface area (Å²) in [6.45, 7) is 0.429. The predicted octanol–water partition coefficient (Wildman–Crippen LogP) is 2.28. The Morgan fingerprint density at radius 3 is 2.74 bits per heavy atom. The van der Waals surface area contributed by atoms with Gasteiger partial charge in [-0.2, -0.15) is 0 Å². The Hall–Kier alpha value is -1.79. The normalized spacial score (nSPS) is 17.4. The van der Waals surface area contributed by atoms with Crippen molar-refractivity contribution in [1.29, 1.82) is 0 Å². The van der Waals surface area contributed by atoms with Crippen LogP contribution in [0.1, 0.15) is 12.8 Å². The van der Waals surface area contributed by atoms with Crippen molar-refractivity contribution in [2.45, 2.75) is 12.8 Å². The van der Waals surface area contributed by atoms with Crippen molar-refractivity contribution < 1.29 is 19.5 Å². The lowest BCUT2D eigenvalue weighted by molar-refractivity contribution is -0.140. The van der Waals surface area contributed by atoms with E-state index in [1.165, 1.54) is 16.8 Å². The van der Waals surface area contributed by atoms with E-state index in [0.717, 1.165) is 0 Å². The number of carbonyl (C=O) groups is 3. The summed E-state index contributed by atoms with van der Waals surface area (Å²) >= 11 is 12.0. The van der Waals surface area contributed by atoms with Gasteiger partial charge in [0.2, 0.25) is 11.8 Å². The number of hydrogen-bond acceptors (Lipinski definition) is 3. The zero-order chi connectivity index (χ0) is 17.1. The first-order chi connectivity index (χ1) is 10.8. The van der Waals surface area contributed by atoms with Crippen LogP contribution in [0.15, 0.2) is 18.2 Å². The quantitative estimate of drug-likeness (QED) is 0.819. The number of nitrogens with zero attached hydrogens (tertiary/aromatic N) is 2. The molecule has 6 nitrogen and oxygen atoms in total. The number of aliphatic carboxylic acids is 1. The summed E-state index contributed by atoms with van der Waals surface area (Å²) in [6, 6.07) is 4.81. The molecule has 2 rings (SSSR count). The molecule has 0 aromatic heterocycles. The maximum Gasteiger partial charge on any atom is 0.305 e. The first kappa shape index (κ1) is 17.6. The van der Waals surface area contributed by atoms with Gasteiger partial charge >= 0.3 is 5.97 Å². The molecule has 1 aliphatic heterocycles. The van der Waals surface area contributed by atoms with Gasteiger partial charge in [-0.15, -0.1) is 0 Å². The van der Waals surface area contributed by atoms with Gasteiger partial charge in [-0.25, -0.2) is 0 Å². The van der Waals surface area contributed by atoms with Crippen LogP contribution in [0.5, 0.6) is 0 Å². The highest BCUT2D eigenvalue weighted by atomic mass is 35.5. The molecular formula is C15H16Cl2N2O4. The van der Waals surface area contributed by atoms with Crippen molar-refractivity contribution in [3.63, 3.8) is 0 Å². The van der Waals surface area contributed by atoms with Gasteiger partial charge in [-0.1, -0.05) is 23.2 Å². The third kappa shape index (κ3) is 3.95. The molecule has 1 saturated heterocycles. The molecule has 1 N–H and O–H groups in total. The van der Waals surface area contributed by atoms with E-state index in [1.54, 1.807) is 18.2 Å². The van der Waals surface area contributed by atoms with Gasteiger partial charge in [0.25, 0.3) is 0 Å². The molecule has 1 atom stereocenters. The number of carboxylic acid groups (broad SMARTS) is 1. The number of anilines is 1. The molecule has 1 aromatic carbocycles. The molecule has 1 fully saturated rings. The van der Waals surface area contributed by atoms with E-state index < -0.39 is 11.9 Å². The second kappa shape index (κ2) is 7.19. The van der Waals surface area contributed by atoms with Crippen LogP contribution in [0.4, 0.5) is 5.69 Å². The summed E-state index contributed by atoms with van der Waals surface area (Å²) in [6.07, 6.45) is 0.199. The monoisotopic (exact) mass is 358 g/mol. The second-order valence-electron chi connectivity index (χ2n) is 5.33. The molecule has 0 spiro atoms. The van der Waals surface area contributed by atoms with E-state index >= 15 is 0 Å². The fourth-order valence-corrected chi connectivity index (χ4v) is 2.87. The number of carboxylic acids is 1. The summed E-state index contributed by atoms with van der Waals surface area (Å²) in [7, 11) is 1.49. The molecule has 1 heterocycles. The standard InChI is InChI=1S/C15H16Cl2N2O4/c1-18(6-5-13(20)21)14(22)10-4-7-19(15(10)23)12-8-9(16)2-3-11(12)17/h2-3,8,10H,4-7H2,1H3,(H,20,21)/t10-/m0/s1. The Morgan fingerprint density at radius 1 is 1.39 bits per heavy atom. The average Bonchev–Trinajstić information content (AvgIpc) is 2.88.